The first kappa shape index (κ1) is 18.7. The highest BCUT2D eigenvalue weighted by molar-refractivity contribution is 5.93. The Morgan fingerprint density at radius 1 is 1.25 bits per heavy atom. The molecule has 1 aliphatic rings. The maximum Gasteiger partial charge on any atom is 0.242 e. The number of likely N-dealkylation sites (N-methyl/N-ethyl adjacent to an activating group) is 2. The molecule has 3 aromatic heterocycles. The van der Waals surface area contributed by atoms with Crippen molar-refractivity contribution in [3.63, 3.8) is 0 Å². The van der Waals surface area contributed by atoms with Crippen LogP contribution in [0.2, 0.25) is 0 Å². The zero-order valence-corrected chi connectivity index (χ0v) is 17.3. The number of hydrogen-bond donors (Lipinski definition) is 1. The highest BCUT2D eigenvalue weighted by Crippen LogP contribution is 2.37. The Hall–Kier alpha value is -2.67. The summed E-state index contributed by atoms with van der Waals surface area (Å²) in [6, 6.07) is 4.04. The van der Waals surface area contributed by atoms with E-state index in [-0.39, 0.29) is 5.91 Å². The molecule has 148 valence electrons. The Balaban J connectivity index is 1.65. The van der Waals surface area contributed by atoms with E-state index in [4.69, 9.17) is 0 Å². The smallest absolute Gasteiger partial charge is 0.242 e. The minimum absolute atomic E-state index is 0.0117. The van der Waals surface area contributed by atoms with Gasteiger partial charge in [0.25, 0.3) is 0 Å². The van der Waals surface area contributed by atoms with E-state index in [1.807, 2.05) is 41.9 Å². The van der Waals surface area contributed by atoms with Crippen molar-refractivity contribution in [1.82, 2.24) is 24.5 Å². The highest BCUT2D eigenvalue weighted by Gasteiger charge is 2.29. The van der Waals surface area contributed by atoms with Crippen LogP contribution in [0.25, 0.3) is 16.9 Å². The second-order valence-electron chi connectivity index (χ2n) is 8.84. The van der Waals surface area contributed by atoms with Crippen LogP contribution in [-0.2, 0) is 17.6 Å². The molecule has 0 saturated heterocycles. The molecule has 7 heteroatoms. The molecule has 4 rings (SSSR count). The molecule has 7 nitrogen and oxygen atoms in total. The van der Waals surface area contributed by atoms with Crippen LogP contribution in [0.3, 0.4) is 0 Å². The van der Waals surface area contributed by atoms with Gasteiger partial charge < -0.3 is 9.30 Å². The largest absolute Gasteiger partial charge is 0.304 e. The second kappa shape index (κ2) is 6.74. The minimum atomic E-state index is 0.0117. The van der Waals surface area contributed by atoms with Gasteiger partial charge >= 0.3 is 0 Å². The summed E-state index contributed by atoms with van der Waals surface area (Å²) in [6.07, 6.45) is 7.19. The van der Waals surface area contributed by atoms with Crippen LogP contribution in [0.15, 0.2) is 24.5 Å². The first-order valence-electron chi connectivity index (χ1n) is 9.70. The molecule has 1 aliphatic carbocycles. The van der Waals surface area contributed by atoms with Gasteiger partial charge in [0.05, 0.1) is 18.4 Å². The topological polar surface area (TPSA) is 69.5 Å². The number of H-pyrrole nitrogens is 1. The van der Waals surface area contributed by atoms with Gasteiger partial charge in [0, 0.05) is 30.1 Å². The summed E-state index contributed by atoms with van der Waals surface area (Å²) in [7, 11) is 5.53. The molecule has 0 radical (unpaired) electrons. The number of nitrogens with one attached hydrogen (secondary N) is 1. The highest BCUT2D eigenvalue weighted by atomic mass is 16.2. The van der Waals surface area contributed by atoms with Gasteiger partial charge in [-0.15, -0.1) is 0 Å². The Morgan fingerprint density at radius 3 is 2.79 bits per heavy atom. The molecule has 0 spiro atoms. The summed E-state index contributed by atoms with van der Waals surface area (Å²) >= 11 is 0. The molecular formula is C21H28N6O. The zero-order valence-electron chi connectivity index (χ0n) is 17.3. The Morgan fingerprint density at radius 2 is 2.04 bits per heavy atom. The Bertz CT molecular complexity index is 1030. The number of fused-ring (bicyclic) bond motifs is 2. The lowest BCUT2D eigenvalue weighted by atomic mass is 9.76. The fourth-order valence-electron chi connectivity index (χ4n) is 3.87. The van der Waals surface area contributed by atoms with Crippen LogP contribution in [0.1, 0.15) is 31.5 Å². The number of imidazole rings is 1. The maximum atomic E-state index is 12.3. The third-order valence-electron chi connectivity index (χ3n) is 5.54. The van der Waals surface area contributed by atoms with Gasteiger partial charge in [-0.25, -0.2) is 4.98 Å². The predicted molar refractivity (Wildman–Crippen MR) is 111 cm³/mol. The standard InChI is InChI=1S/C21H28N6O/c1-21(2)9-8-15-16(10-21)23-24-20(15)14-6-7-17-22-18(12-27(17)11-14)26(5)19(28)13-25(3)4/h6-7,11-12H,8-10,13H2,1-5H3,(H,23,24). The van der Waals surface area contributed by atoms with Gasteiger partial charge in [-0.1, -0.05) is 13.8 Å². The van der Waals surface area contributed by atoms with Crippen LogP contribution in [-0.4, -0.2) is 58.1 Å². The zero-order chi connectivity index (χ0) is 20.1. The molecule has 0 unspecified atom stereocenters. The lowest BCUT2D eigenvalue weighted by Gasteiger charge is -2.29. The fraction of sp³-hybridized carbons (Fsp3) is 0.476. The van der Waals surface area contributed by atoms with Crippen molar-refractivity contribution in [1.29, 1.82) is 0 Å². The number of carbonyl (C=O) groups is 1. The average Bonchev–Trinajstić information content (AvgIpc) is 3.22. The van der Waals surface area contributed by atoms with E-state index in [9.17, 15) is 4.79 Å². The second-order valence-corrected chi connectivity index (χ2v) is 8.84. The minimum Gasteiger partial charge on any atom is -0.304 e. The van der Waals surface area contributed by atoms with Crippen LogP contribution in [0, 0.1) is 5.41 Å². The van der Waals surface area contributed by atoms with Gasteiger partial charge in [-0.3, -0.25) is 14.8 Å². The molecule has 3 heterocycles. The van der Waals surface area contributed by atoms with Crippen LogP contribution < -0.4 is 4.90 Å². The first-order chi connectivity index (χ1) is 13.2. The first-order valence-corrected chi connectivity index (χ1v) is 9.70. The number of hydrogen-bond acceptors (Lipinski definition) is 4. The van der Waals surface area contributed by atoms with Crippen molar-refractivity contribution in [2.24, 2.45) is 5.41 Å². The maximum absolute atomic E-state index is 12.3. The van der Waals surface area contributed by atoms with E-state index in [1.165, 1.54) is 17.7 Å². The number of aromatic nitrogens is 4. The molecule has 0 aromatic carbocycles. The normalized spacial score (nSPS) is 15.8. The van der Waals surface area contributed by atoms with E-state index in [0.29, 0.717) is 17.8 Å². The quantitative estimate of drug-likeness (QED) is 0.756. The third kappa shape index (κ3) is 3.42. The number of carbonyl (C=O) groups excluding carboxylic acids is 1. The van der Waals surface area contributed by atoms with E-state index in [1.54, 1.807) is 11.9 Å². The van der Waals surface area contributed by atoms with Gasteiger partial charge in [-0.05, 0) is 50.9 Å². The van der Waals surface area contributed by atoms with Gasteiger partial charge in [0.2, 0.25) is 5.91 Å². The number of nitrogens with zero attached hydrogens (tertiary/aromatic N) is 5. The van der Waals surface area contributed by atoms with Crippen LogP contribution in [0.4, 0.5) is 5.82 Å². The molecule has 0 fully saturated rings. The van der Waals surface area contributed by atoms with Gasteiger partial charge in [0.1, 0.15) is 5.65 Å². The molecule has 1 amide bonds. The SMILES string of the molecule is CN(C)CC(=O)N(C)c1cn2cc(-c3n[nH]c4c3CCC(C)(C)C4)ccc2n1. The summed E-state index contributed by atoms with van der Waals surface area (Å²) in [4.78, 5) is 20.4. The van der Waals surface area contributed by atoms with Crippen LogP contribution in [0.5, 0.6) is 0 Å². The van der Waals surface area contributed by atoms with Crippen molar-refractivity contribution >= 4 is 17.4 Å². The summed E-state index contributed by atoms with van der Waals surface area (Å²) in [5.41, 5.74) is 5.82. The summed E-state index contributed by atoms with van der Waals surface area (Å²) < 4.78 is 1.97. The molecule has 0 saturated carbocycles. The number of amides is 1. The summed E-state index contributed by atoms with van der Waals surface area (Å²) in [5.74, 6) is 0.660. The van der Waals surface area contributed by atoms with E-state index in [2.05, 4.69) is 35.1 Å². The summed E-state index contributed by atoms with van der Waals surface area (Å²) in [5, 5.41) is 7.87. The number of anilines is 1. The van der Waals surface area contributed by atoms with Gasteiger partial charge in [-0.2, -0.15) is 5.10 Å². The molecule has 3 aromatic rings. The van der Waals surface area contributed by atoms with Crippen LogP contribution >= 0.6 is 0 Å². The van der Waals surface area contributed by atoms with Crippen molar-refractivity contribution < 1.29 is 4.79 Å². The Kier molecular flexibility index (Phi) is 4.50. The van der Waals surface area contributed by atoms with E-state index in [0.717, 1.165) is 29.7 Å². The van der Waals surface area contributed by atoms with Crippen molar-refractivity contribution in [3.05, 3.63) is 35.8 Å². The predicted octanol–water partition coefficient (Wildman–Crippen LogP) is 2.76. The third-order valence-corrected chi connectivity index (χ3v) is 5.54. The van der Waals surface area contributed by atoms with Crippen molar-refractivity contribution in [2.75, 3.05) is 32.6 Å². The molecule has 28 heavy (non-hydrogen) atoms. The Labute approximate surface area is 165 Å². The van der Waals surface area contributed by atoms with Crippen molar-refractivity contribution in [2.45, 2.75) is 33.1 Å². The number of pyridine rings is 1. The summed E-state index contributed by atoms with van der Waals surface area (Å²) in [6.45, 7) is 4.97. The van der Waals surface area contributed by atoms with E-state index >= 15 is 0 Å². The van der Waals surface area contributed by atoms with Gasteiger partial charge in [0.15, 0.2) is 5.82 Å². The molecule has 0 atom stereocenters. The molecular weight excluding hydrogens is 352 g/mol. The monoisotopic (exact) mass is 380 g/mol. The van der Waals surface area contributed by atoms with E-state index < -0.39 is 0 Å². The molecule has 0 aliphatic heterocycles. The average molecular weight is 380 g/mol. The number of aromatic amines is 1. The lowest BCUT2D eigenvalue weighted by molar-refractivity contribution is -0.118. The van der Waals surface area contributed by atoms with Crippen molar-refractivity contribution in [3.8, 4) is 11.3 Å². The molecule has 0 bridgehead atoms. The molecule has 1 N–H and O–H groups in total. The fourth-order valence-corrected chi connectivity index (χ4v) is 3.87. The lowest BCUT2D eigenvalue weighted by Crippen LogP contribution is -2.35. The number of rotatable bonds is 4.